The van der Waals surface area contributed by atoms with Crippen LogP contribution in [0.15, 0.2) is 95.5 Å². The largest absolute Gasteiger partial charge is 0.484 e. The predicted molar refractivity (Wildman–Crippen MR) is 150 cm³/mol. The van der Waals surface area contributed by atoms with E-state index in [4.69, 9.17) is 19.9 Å². The lowest BCUT2D eigenvalue weighted by molar-refractivity contribution is -0.153. The number of nitrogens with zero attached hydrogens (tertiary/aromatic N) is 5. The van der Waals surface area contributed by atoms with Crippen molar-refractivity contribution in [1.29, 1.82) is 5.26 Å². The van der Waals surface area contributed by atoms with Crippen molar-refractivity contribution in [3.63, 3.8) is 0 Å². The highest BCUT2D eigenvalue weighted by atomic mass is 19.4. The molecule has 3 aromatic carbocycles. The molecule has 2 heterocycles. The Morgan fingerprint density at radius 3 is 2.09 bits per heavy atom. The zero-order chi connectivity index (χ0) is 31.6. The van der Waals surface area contributed by atoms with Crippen LogP contribution >= 0.6 is 0 Å². The second kappa shape index (κ2) is 11.8. The van der Waals surface area contributed by atoms with Crippen molar-refractivity contribution in [1.82, 2.24) is 15.0 Å². The van der Waals surface area contributed by atoms with Crippen LogP contribution in [-0.2, 0) is 19.1 Å². The number of carbonyl (C=O) groups excluding carboxylic acids is 2. The van der Waals surface area contributed by atoms with Crippen LogP contribution in [0.5, 0.6) is 5.75 Å². The van der Waals surface area contributed by atoms with Crippen LogP contribution < -0.4 is 15.4 Å². The third kappa shape index (κ3) is 5.62. The summed E-state index contributed by atoms with van der Waals surface area (Å²) in [6, 6.07) is 21.1. The van der Waals surface area contributed by atoms with Gasteiger partial charge in [0.15, 0.2) is 6.61 Å². The fourth-order valence-electron chi connectivity index (χ4n) is 4.82. The molecule has 4 aromatic rings. The molecular formula is C30H23F3N6O5. The number of rotatable bonds is 7. The maximum Gasteiger partial charge on any atom is 0.422 e. The topological polar surface area (TPSA) is 146 Å². The number of aromatic nitrogens is 3. The van der Waals surface area contributed by atoms with Crippen LogP contribution in [0.1, 0.15) is 11.5 Å². The Kier molecular flexibility index (Phi) is 7.95. The third-order valence-electron chi connectivity index (χ3n) is 6.66. The molecule has 0 bridgehead atoms. The Morgan fingerprint density at radius 1 is 0.932 bits per heavy atom. The monoisotopic (exact) mass is 604 g/mol. The molecule has 0 fully saturated rings. The zero-order valence-electron chi connectivity index (χ0n) is 23.2. The van der Waals surface area contributed by atoms with E-state index in [1.807, 2.05) is 6.07 Å². The highest BCUT2D eigenvalue weighted by Crippen LogP contribution is 2.44. The number of methoxy groups -OCH3 is 2. The summed E-state index contributed by atoms with van der Waals surface area (Å²) in [5, 5.41) is 19.0. The molecule has 11 nitrogen and oxygen atoms in total. The van der Waals surface area contributed by atoms with Crippen LogP contribution in [0.3, 0.4) is 0 Å². The van der Waals surface area contributed by atoms with E-state index in [2.05, 4.69) is 10.2 Å². The van der Waals surface area contributed by atoms with Gasteiger partial charge in [0.2, 0.25) is 0 Å². The number of nitriles is 1. The molecule has 14 heteroatoms. The summed E-state index contributed by atoms with van der Waals surface area (Å²) in [7, 11) is 2.18. The quantitative estimate of drug-likeness (QED) is 0.304. The number of ether oxygens (including phenoxy) is 3. The number of alkyl halides is 3. The number of hydrogen-bond acceptors (Lipinski definition) is 10. The SMILES string of the molecule is COC(=O)C1=C(C(=O)OC)N(c2cc(OCC(F)(F)F)cc(-n3nc4ccccc4n3)c2)C(N)=C(C#N)C1c1ccccc1. The zero-order valence-corrected chi connectivity index (χ0v) is 23.2. The first-order valence-electron chi connectivity index (χ1n) is 12.9. The molecule has 224 valence electrons. The molecule has 0 saturated carbocycles. The minimum absolute atomic E-state index is 0.0559. The highest BCUT2D eigenvalue weighted by Gasteiger charge is 2.43. The van der Waals surface area contributed by atoms with Gasteiger partial charge in [-0.3, -0.25) is 4.90 Å². The lowest BCUT2D eigenvalue weighted by Gasteiger charge is -2.36. The summed E-state index contributed by atoms with van der Waals surface area (Å²) in [5.74, 6) is -3.71. The molecule has 1 atom stereocenters. The van der Waals surface area contributed by atoms with E-state index >= 15 is 0 Å². The average Bonchev–Trinajstić information content (AvgIpc) is 3.47. The summed E-state index contributed by atoms with van der Waals surface area (Å²) in [6.07, 6.45) is -4.68. The molecular weight excluding hydrogens is 581 g/mol. The number of benzene rings is 3. The molecule has 1 unspecified atom stereocenters. The second-order valence-electron chi connectivity index (χ2n) is 9.40. The maximum atomic E-state index is 13.4. The van der Waals surface area contributed by atoms with Gasteiger partial charge in [-0.2, -0.15) is 23.2 Å². The van der Waals surface area contributed by atoms with E-state index in [9.17, 15) is 28.0 Å². The van der Waals surface area contributed by atoms with Gasteiger partial charge in [-0.15, -0.1) is 10.2 Å². The number of esters is 2. The average molecular weight is 605 g/mol. The Morgan fingerprint density at radius 2 is 1.52 bits per heavy atom. The van der Waals surface area contributed by atoms with Crippen molar-refractivity contribution in [2.24, 2.45) is 5.73 Å². The first-order valence-corrected chi connectivity index (χ1v) is 12.9. The molecule has 1 aliphatic rings. The standard InChI is InChI=1S/C30H23F3N6O5/c1-42-28(40)25-24(17-8-4-3-5-9-17)21(15-34)27(35)38(26(25)29(41)43-2)18-12-19(14-20(13-18)44-16-30(31,32)33)39-36-22-10-6-7-11-23(22)37-39/h3-14,24H,16,35H2,1-2H3. The lowest BCUT2D eigenvalue weighted by atomic mass is 9.81. The Hall–Kier alpha value is -5.84. The van der Waals surface area contributed by atoms with Crippen LogP contribution in [-0.4, -0.2) is 53.9 Å². The van der Waals surface area contributed by atoms with Crippen molar-refractivity contribution in [3.8, 4) is 17.5 Å². The third-order valence-corrected chi connectivity index (χ3v) is 6.66. The van der Waals surface area contributed by atoms with Crippen LogP contribution in [0.2, 0.25) is 0 Å². The molecule has 5 rings (SSSR count). The summed E-state index contributed by atoms with van der Waals surface area (Å²) >= 11 is 0. The number of carbonyl (C=O) groups is 2. The van der Waals surface area contributed by atoms with Crippen LogP contribution in [0.25, 0.3) is 16.7 Å². The van der Waals surface area contributed by atoms with Crippen molar-refractivity contribution >= 4 is 28.7 Å². The van der Waals surface area contributed by atoms with Crippen molar-refractivity contribution < 1.29 is 37.0 Å². The molecule has 1 aromatic heterocycles. The van der Waals surface area contributed by atoms with Gasteiger partial charge in [0, 0.05) is 12.1 Å². The van der Waals surface area contributed by atoms with Crippen LogP contribution in [0.4, 0.5) is 18.9 Å². The first-order chi connectivity index (χ1) is 21.1. The molecule has 2 N–H and O–H groups in total. The number of hydrogen-bond donors (Lipinski definition) is 1. The number of allylic oxidation sites excluding steroid dienone is 1. The molecule has 0 saturated heterocycles. The molecule has 0 radical (unpaired) electrons. The number of fused-ring (bicyclic) bond motifs is 1. The van der Waals surface area contributed by atoms with E-state index in [0.717, 1.165) is 19.1 Å². The molecule has 0 aliphatic carbocycles. The van der Waals surface area contributed by atoms with Gasteiger partial charge in [0.05, 0.1) is 48.7 Å². The normalized spacial score (nSPS) is 15.3. The van der Waals surface area contributed by atoms with E-state index in [0.29, 0.717) is 16.6 Å². The van der Waals surface area contributed by atoms with Gasteiger partial charge in [0.25, 0.3) is 0 Å². The van der Waals surface area contributed by atoms with Crippen molar-refractivity contribution in [2.45, 2.75) is 12.1 Å². The number of halogens is 3. The van der Waals surface area contributed by atoms with Gasteiger partial charge in [-0.25, -0.2) is 9.59 Å². The summed E-state index contributed by atoms with van der Waals surface area (Å²) < 4.78 is 54.6. The van der Waals surface area contributed by atoms with Gasteiger partial charge < -0.3 is 19.9 Å². The molecule has 44 heavy (non-hydrogen) atoms. The van der Waals surface area contributed by atoms with Crippen molar-refractivity contribution in [2.75, 3.05) is 25.7 Å². The lowest BCUT2D eigenvalue weighted by Crippen LogP contribution is -2.40. The number of anilines is 1. The second-order valence-corrected chi connectivity index (χ2v) is 9.40. The van der Waals surface area contributed by atoms with E-state index < -0.39 is 36.3 Å². The fourth-order valence-corrected chi connectivity index (χ4v) is 4.82. The van der Waals surface area contributed by atoms with E-state index in [1.54, 1.807) is 54.6 Å². The summed E-state index contributed by atoms with van der Waals surface area (Å²) in [5.41, 5.74) is 7.24. The van der Waals surface area contributed by atoms with Gasteiger partial charge in [-0.05, 0) is 23.8 Å². The highest BCUT2D eigenvalue weighted by molar-refractivity contribution is 6.06. The minimum atomic E-state index is -4.68. The Labute approximate surface area is 248 Å². The fraction of sp³-hybridized carbons (Fsp3) is 0.167. The predicted octanol–water partition coefficient (Wildman–Crippen LogP) is 4.26. The van der Waals surface area contributed by atoms with Crippen LogP contribution in [0, 0.1) is 11.3 Å². The minimum Gasteiger partial charge on any atom is -0.484 e. The van der Waals surface area contributed by atoms with Gasteiger partial charge >= 0.3 is 18.1 Å². The van der Waals surface area contributed by atoms with E-state index in [-0.39, 0.29) is 34.1 Å². The Bertz CT molecular complexity index is 1830. The summed E-state index contributed by atoms with van der Waals surface area (Å²) in [6.45, 7) is -1.64. The van der Waals surface area contributed by atoms with Gasteiger partial charge in [-0.1, -0.05) is 42.5 Å². The molecule has 1 aliphatic heterocycles. The maximum absolute atomic E-state index is 13.4. The smallest absolute Gasteiger partial charge is 0.422 e. The number of nitrogens with two attached hydrogens (primary N) is 1. The first kappa shape index (κ1) is 29.6. The molecule has 0 spiro atoms. The Balaban J connectivity index is 1.79. The molecule has 0 amide bonds. The van der Waals surface area contributed by atoms with Crippen molar-refractivity contribution in [3.05, 3.63) is 101 Å². The van der Waals surface area contributed by atoms with E-state index in [1.165, 1.54) is 23.0 Å². The summed E-state index contributed by atoms with van der Waals surface area (Å²) in [4.78, 5) is 29.0. The van der Waals surface area contributed by atoms with Gasteiger partial charge in [0.1, 0.15) is 28.3 Å².